The highest BCUT2D eigenvalue weighted by Gasteiger charge is 2.45. The molecular formula is C12H23NO2S. The van der Waals surface area contributed by atoms with Crippen molar-refractivity contribution in [2.75, 3.05) is 18.6 Å². The lowest BCUT2D eigenvalue weighted by Gasteiger charge is -2.18. The quantitative estimate of drug-likeness (QED) is 0.800. The molecule has 0 aromatic heterocycles. The number of rotatable bonds is 5. The first-order valence-electron chi connectivity index (χ1n) is 6.30. The van der Waals surface area contributed by atoms with Gasteiger partial charge in [-0.05, 0) is 43.4 Å². The van der Waals surface area contributed by atoms with E-state index < -0.39 is 9.84 Å². The summed E-state index contributed by atoms with van der Waals surface area (Å²) in [6.07, 6.45) is 7.34. The van der Waals surface area contributed by atoms with Gasteiger partial charge in [-0.25, -0.2) is 8.42 Å². The van der Waals surface area contributed by atoms with Crippen LogP contribution < -0.4 is 5.32 Å². The summed E-state index contributed by atoms with van der Waals surface area (Å²) < 4.78 is 22.6. The first-order valence-corrected chi connectivity index (χ1v) is 8.36. The van der Waals surface area contributed by atoms with Crippen LogP contribution in [-0.4, -0.2) is 33.0 Å². The van der Waals surface area contributed by atoms with E-state index in [0.29, 0.717) is 11.8 Å². The second kappa shape index (κ2) is 4.30. The van der Waals surface area contributed by atoms with Gasteiger partial charge in [-0.2, -0.15) is 0 Å². The van der Waals surface area contributed by atoms with Crippen molar-refractivity contribution >= 4 is 9.84 Å². The van der Waals surface area contributed by atoms with Crippen molar-refractivity contribution in [3.63, 3.8) is 0 Å². The summed E-state index contributed by atoms with van der Waals surface area (Å²) in [5.74, 6) is 1.21. The Morgan fingerprint density at radius 1 is 1.31 bits per heavy atom. The van der Waals surface area contributed by atoms with Crippen LogP contribution in [-0.2, 0) is 9.84 Å². The molecule has 2 fully saturated rings. The predicted octanol–water partition coefficient (Wildman–Crippen LogP) is 1.59. The average molecular weight is 245 g/mol. The van der Waals surface area contributed by atoms with Crippen molar-refractivity contribution in [3.8, 4) is 0 Å². The van der Waals surface area contributed by atoms with Crippen LogP contribution in [0.25, 0.3) is 0 Å². The standard InChI is InChI=1S/C12H23NO2S/c1-10-3-4-11(7-10)13-8-12(5-6-12)9-16(2,14)15/h10-11,13H,3-9H2,1-2H3. The van der Waals surface area contributed by atoms with E-state index in [1.165, 1.54) is 25.5 Å². The first-order chi connectivity index (χ1) is 7.39. The van der Waals surface area contributed by atoms with E-state index in [-0.39, 0.29) is 5.41 Å². The van der Waals surface area contributed by atoms with E-state index in [0.717, 1.165) is 25.3 Å². The normalized spacial score (nSPS) is 32.9. The fourth-order valence-electron chi connectivity index (χ4n) is 2.86. The summed E-state index contributed by atoms with van der Waals surface area (Å²) in [4.78, 5) is 0. The highest BCUT2D eigenvalue weighted by atomic mass is 32.2. The Balaban J connectivity index is 1.77. The van der Waals surface area contributed by atoms with Gasteiger partial charge in [0.05, 0.1) is 5.75 Å². The van der Waals surface area contributed by atoms with Gasteiger partial charge in [0.25, 0.3) is 0 Å². The van der Waals surface area contributed by atoms with Crippen molar-refractivity contribution < 1.29 is 8.42 Å². The Hall–Kier alpha value is -0.0900. The van der Waals surface area contributed by atoms with E-state index in [1.54, 1.807) is 0 Å². The van der Waals surface area contributed by atoms with E-state index in [1.807, 2.05) is 0 Å². The molecular weight excluding hydrogens is 222 g/mol. The lowest BCUT2D eigenvalue weighted by Crippen LogP contribution is -2.35. The number of hydrogen-bond acceptors (Lipinski definition) is 3. The Morgan fingerprint density at radius 2 is 2.00 bits per heavy atom. The van der Waals surface area contributed by atoms with Gasteiger partial charge in [0.2, 0.25) is 0 Å². The van der Waals surface area contributed by atoms with Crippen LogP contribution in [0.3, 0.4) is 0 Å². The molecule has 0 bridgehead atoms. The van der Waals surface area contributed by atoms with Gasteiger partial charge < -0.3 is 5.32 Å². The molecule has 94 valence electrons. The van der Waals surface area contributed by atoms with E-state index in [2.05, 4.69) is 12.2 Å². The second-order valence-corrected chi connectivity index (χ2v) is 8.21. The van der Waals surface area contributed by atoms with Crippen molar-refractivity contribution in [1.29, 1.82) is 0 Å². The summed E-state index contributed by atoms with van der Waals surface area (Å²) in [6, 6.07) is 0.632. The van der Waals surface area contributed by atoms with Crippen LogP contribution in [0.5, 0.6) is 0 Å². The third-order valence-corrected chi connectivity index (χ3v) is 5.12. The molecule has 2 saturated carbocycles. The monoisotopic (exact) mass is 245 g/mol. The van der Waals surface area contributed by atoms with E-state index in [9.17, 15) is 8.42 Å². The topological polar surface area (TPSA) is 46.2 Å². The highest BCUT2D eigenvalue weighted by molar-refractivity contribution is 7.90. The molecule has 2 rings (SSSR count). The zero-order valence-electron chi connectivity index (χ0n) is 10.3. The fraction of sp³-hybridized carbons (Fsp3) is 1.00. The average Bonchev–Trinajstić information content (AvgIpc) is 2.75. The molecule has 3 nitrogen and oxygen atoms in total. The van der Waals surface area contributed by atoms with E-state index >= 15 is 0 Å². The molecule has 4 heteroatoms. The Bertz CT molecular complexity index is 346. The molecule has 0 saturated heterocycles. The molecule has 1 N–H and O–H groups in total. The molecule has 2 aliphatic carbocycles. The Kier molecular flexibility index (Phi) is 3.32. The molecule has 2 atom stereocenters. The molecule has 0 aliphatic heterocycles. The maximum Gasteiger partial charge on any atom is 0.148 e. The summed E-state index contributed by atoms with van der Waals surface area (Å²) in [5.41, 5.74) is 0.0827. The predicted molar refractivity (Wildman–Crippen MR) is 66.2 cm³/mol. The zero-order chi connectivity index (χ0) is 11.8. The largest absolute Gasteiger partial charge is 0.313 e. The molecule has 0 spiro atoms. The molecule has 2 aliphatic rings. The second-order valence-electron chi connectivity index (χ2n) is 6.07. The van der Waals surface area contributed by atoms with Crippen molar-refractivity contribution in [1.82, 2.24) is 5.32 Å². The van der Waals surface area contributed by atoms with Gasteiger partial charge in [0.1, 0.15) is 9.84 Å². The summed E-state index contributed by atoms with van der Waals surface area (Å²) in [6.45, 7) is 3.20. The minimum atomic E-state index is -2.82. The minimum absolute atomic E-state index is 0.0827. The Morgan fingerprint density at radius 3 is 2.44 bits per heavy atom. The number of nitrogens with one attached hydrogen (secondary N) is 1. The lowest BCUT2D eigenvalue weighted by atomic mass is 10.1. The number of sulfone groups is 1. The van der Waals surface area contributed by atoms with E-state index in [4.69, 9.17) is 0 Å². The summed E-state index contributed by atoms with van der Waals surface area (Å²) >= 11 is 0. The molecule has 0 radical (unpaired) electrons. The number of hydrogen-bond donors (Lipinski definition) is 1. The van der Waals surface area contributed by atoms with Crippen LogP contribution in [0.1, 0.15) is 39.0 Å². The van der Waals surface area contributed by atoms with Gasteiger partial charge in [-0.1, -0.05) is 6.92 Å². The summed E-state index contributed by atoms with van der Waals surface area (Å²) in [7, 11) is -2.82. The van der Waals surface area contributed by atoms with Crippen LogP contribution >= 0.6 is 0 Å². The van der Waals surface area contributed by atoms with Gasteiger partial charge in [-0.15, -0.1) is 0 Å². The molecule has 0 heterocycles. The highest BCUT2D eigenvalue weighted by Crippen LogP contribution is 2.46. The summed E-state index contributed by atoms with van der Waals surface area (Å²) in [5, 5.41) is 3.57. The molecule has 2 unspecified atom stereocenters. The smallest absolute Gasteiger partial charge is 0.148 e. The van der Waals surface area contributed by atoms with Crippen LogP contribution in [0.4, 0.5) is 0 Å². The van der Waals surface area contributed by atoms with Gasteiger partial charge >= 0.3 is 0 Å². The van der Waals surface area contributed by atoms with Crippen molar-refractivity contribution in [3.05, 3.63) is 0 Å². The van der Waals surface area contributed by atoms with Crippen molar-refractivity contribution in [2.45, 2.75) is 45.1 Å². The molecule has 0 aromatic carbocycles. The van der Waals surface area contributed by atoms with Gasteiger partial charge in [0.15, 0.2) is 0 Å². The maximum atomic E-state index is 11.3. The fourth-order valence-corrected chi connectivity index (χ4v) is 4.36. The zero-order valence-corrected chi connectivity index (χ0v) is 11.1. The third-order valence-electron chi connectivity index (χ3n) is 3.99. The SMILES string of the molecule is CC1CCC(NCC2(CS(C)(=O)=O)CC2)C1. The molecule has 16 heavy (non-hydrogen) atoms. The third kappa shape index (κ3) is 3.45. The minimum Gasteiger partial charge on any atom is -0.313 e. The maximum absolute atomic E-state index is 11.3. The van der Waals surface area contributed by atoms with Crippen molar-refractivity contribution in [2.24, 2.45) is 11.3 Å². The van der Waals surface area contributed by atoms with Gasteiger partial charge in [0, 0.05) is 18.8 Å². The Labute approximate surface area is 98.9 Å². The molecule has 0 aromatic rings. The lowest BCUT2D eigenvalue weighted by molar-refractivity contribution is 0.428. The van der Waals surface area contributed by atoms with Crippen LogP contribution in [0, 0.1) is 11.3 Å². The van der Waals surface area contributed by atoms with Crippen LogP contribution in [0.15, 0.2) is 0 Å². The van der Waals surface area contributed by atoms with Crippen LogP contribution in [0.2, 0.25) is 0 Å². The first kappa shape index (κ1) is 12.4. The van der Waals surface area contributed by atoms with Gasteiger partial charge in [-0.3, -0.25) is 0 Å². The molecule has 0 amide bonds.